The average molecular weight is 205 g/mol. The van der Waals surface area contributed by atoms with Crippen molar-refractivity contribution in [1.82, 2.24) is 0 Å². The van der Waals surface area contributed by atoms with E-state index < -0.39 is 24.5 Å². The Morgan fingerprint density at radius 1 is 1.50 bits per heavy atom. The van der Waals surface area contributed by atoms with Gasteiger partial charge in [0.15, 0.2) is 6.10 Å². The van der Waals surface area contributed by atoms with E-state index in [9.17, 15) is 9.59 Å². The minimum atomic E-state index is -1.60. The fraction of sp³-hybridized carbons (Fsp3) is 0.750. The topological polar surface area (TPSA) is 110 Å². The van der Waals surface area contributed by atoms with Gasteiger partial charge in [0.05, 0.1) is 13.0 Å². The second kappa shape index (κ2) is 6.33. The second-order valence-electron chi connectivity index (χ2n) is 3.05. The van der Waals surface area contributed by atoms with Gasteiger partial charge in [-0.2, -0.15) is 0 Å². The number of aliphatic carboxylic acids is 1. The quantitative estimate of drug-likeness (QED) is 0.485. The molecule has 0 amide bonds. The predicted octanol–water partition coefficient (Wildman–Crippen LogP) is -0.897. The molecule has 14 heavy (non-hydrogen) atoms. The monoisotopic (exact) mass is 205 g/mol. The minimum absolute atomic E-state index is 0.0905. The first-order valence-electron chi connectivity index (χ1n) is 4.25. The van der Waals surface area contributed by atoms with Crippen LogP contribution in [0.1, 0.15) is 19.8 Å². The maximum absolute atomic E-state index is 10.9. The van der Waals surface area contributed by atoms with E-state index in [-0.39, 0.29) is 12.6 Å². The van der Waals surface area contributed by atoms with E-state index in [0.29, 0.717) is 6.42 Å². The zero-order chi connectivity index (χ0) is 11.1. The second-order valence-corrected chi connectivity index (χ2v) is 3.05. The molecule has 0 aromatic rings. The van der Waals surface area contributed by atoms with Crippen LogP contribution in [0.25, 0.3) is 0 Å². The third-order valence-electron chi connectivity index (χ3n) is 1.46. The largest absolute Gasteiger partial charge is 0.481 e. The van der Waals surface area contributed by atoms with Crippen molar-refractivity contribution in [1.29, 1.82) is 0 Å². The van der Waals surface area contributed by atoms with Crippen LogP contribution in [0.5, 0.6) is 0 Å². The first-order valence-corrected chi connectivity index (χ1v) is 4.25. The molecule has 0 aliphatic carbocycles. The van der Waals surface area contributed by atoms with Gasteiger partial charge in [-0.05, 0) is 13.3 Å². The zero-order valence-corrected chi connectivity index (χ0v) is 7.97. The molecule has 6 heteroatoms. The smallest absolute Gasteiger partial charge is 0.335 e. The fourth-order valence-corrected chi connectivity index (χ4v) is 0.690. The average Bonchev–Trinajstić information content (AvgIpc) is 2.01. The Morgan fingerprint density at radius 3 is 2.50 bits per heavy atom. The number of carbonyl (C=O) groups is 2. The number of aliphatic hydroxyl groups is 1. The number of rotatable bonds is 6. The molecule has 0 radical (unpaired) electrons. The highest BCUT2D eigenvalue weighted by Crippen LogP contribution is 1.97. The molecule has 1 unspecified atom stereocenters. The predicted molar refractivity (Wildman–Crippen MR) is 47.5 cm³/mol. The Kier molecular flexibility index (Phi) is 5.82. The highest BCUT2D eigenvalue weighted by atomic mass is 16.5. The number of hydrogen-bond acceptors (Lipinski definition) is 5. The molecule has 6 nitrogen and oxygen atoms in total. The van der Waals surface area contributed by atoms with Crippen LogP contribution in [0.2, 0.25) is 0 Å². The molecule has 0 aliphatic heterocycles. The molecule has 4 N–H and O–H groups in total. The maximum atomic E-state index is 10.9. The molecule has 0 aromatic carbocycles. The molecular weight excluding hydrogens is 190 g/mol. The lowest BCUT2D eigenvalue weighted by Gasteiger charge is -2.09. The van der Waals surface area contributed by atoms with Crippen LogP contribution in [0.3, 0.4) is 0 Å². The van der Waals surface area contributed by atoms with Crippen LogP contribution in [-0.2, 0) is 14.3 Å². The summed E-state index contributed by atoms with van der Waals surface area (Å²) in [7, 11) is 0. The highest BCUT2D eigenvalue weighted by molar-refractivity contribution is 5.80. The van der Waals surface area contributed by atoms with Crippen molar-refractivity contribution >= 4 is 11.9 Å². The summed E-state index contributed by atoms with van der Waals surface area (Å²) in [6, 6.07) is -0.0978. The van der Waals surface area contributed by atoms with Gasteiger partial charge in [0, 0.05) is 6.04 Å². The van der Waals surface area contributed by atoms with Crippen molar-refractivity contribution in [3.05, 3.63) is 0 Å². The molecule has 0 saturated carbocycles. The van der Waals surface area contributed by atoms with E-state index in [0.717, 1.165) is 0 Å². The van der Waals surface area contributed by atoms with E-state index in [1.54, 1.807) is 6.92 Å². The van der Waals surface area contributed by atoms with Gasteiger partial charge < -0.3 is 20.7 Å². The lowest BCUT2D eigenvalue weighted by Crippen LogP contribution is -2.27. The molecule has 0 fully saturated rings. The first-order chi connectivity index (χ1) is 6.43. The number of aliphatic hydroxyl groups excluding tert-OH is 1. The van der Waals surface area contributed by atoms with Crippen molar-refractivity contribution in [3.63, 3.8) is 0 Å². The van der Waals surface area contributed by atoms with Crippen LogP contribution >= 0.6 is 0 Å². The van der Waals surface area contributed by atoms with Crippen molar-refractivity contribution in [2.75, 3.05) is 6.61 Å². The lowest BCUT2D eigenvalue weighted by molar-refractivity contribution is -0.158. The maximum Gasteiger partial charge on any atom is 0.335 e. The summed E-state index contributed by atoms with van der Waals surface area (Å²) in [4.78, 5) is 21.0. The molecule has 0 heterocycles. The van der Waals surface area contributed by atoms with Gasteiger partial charge in [0.1, 0.15) is 0 Å². The third kappa shape index (κ3) is 6.38. The summed E-state index contributed by atoms with van der Waals surface area (Å²) in [5, 5.41) is 17.2. The Hall–Kier alpha value is -1.14. The number of carboxylic acid groups (broad SMARTS) is 1. The molecule has 0 bridgehead atoms. The molecule has 0 saturated heterocycles. The van der Waals surface area contributed by atoms with Gasteiger partial charge in [-0.1, -0.05) is 0 Å². The van der Waals surface area contributed by atoms with Gasteiger partial charge in [-0.3, -0.25) is 4.79 Å². The van der Waals surface area contributed by atoms with Crippen LogP contribution in [0, 0.1) is 0 Å². The number of carboxylic acids is 1. The van der Waals surface area contributed by atoms with E-state index in [1.165, 1.54) is 0 Å². The molecular formula is C8H15NO5. The van der Waals surface area contributed by atoms with Gasteiger partial charge >= 0.3 is 11.9 Å². The minimum Gasteiger partial charge on any atom is -0.481 e. The molecule has 0 spiro atoms. The molecule has 82 valence electrons. The zero-order valence-electron chi connectivity index (χ0n) is 7.97. The third-order valence-corrected chi connectivity index (χ3v) is 1.46. The molecule has 0 aliphatic rings. The van der Waals surface area contributed by atoms with Crippen molar-refractivity contribution in [2.45, 2.75) is 31.9 Å². The van der Waals surface area contributed by atoms with Crippen molar-refractivity contribution in [2.24, 2.45) is 5.73 Å². The van der Waals surface area contributed by atoms with Crippen LogP contribution in [0.4, 0.5) is 0 Å². The number of esters is 1. The van der Waals surface area contributed by atoms with E-state index in [2.05, 4.69) is 4.74 Å². The number of hydrogen-bond donors (Lipinski definition) is 3. The Morgan fingerprint density at radius 2 is 2.07 bits per heavy atom. The molecule has 0 rings (SSSR count). The van der Waals surface area contributed by atoms with Crippen LogP contribution in [-0.4, -0.2) is 40.9 Å². The fourth-order valence-electron chi connectivity index (χ4n) is 0.690. The van der Waals surface area contributed by atoms with E-state index >= 15 is 0 Å². The SMILES string of the molecule is C[C@@H](N)CCOC(=O)C(O)CC(=O)O. The summed E-state index contributed by atoms with van der Waals surface area (Å²) in [5.41, 5.74) is 5.39. The van der Waals surface area contributed by atoms with Gasteiger partial charge in [0.2, 0.25) is 0 Å². The highest BCUT2D eigenvalue weighted by Gasteiger charge is 2.19. The standard InChI is InChI=1S/C8H15NO5/c1-5(9)2-3-14-8(13)6(10)4-7(11)12/h5-6,10H,2-4,9H2,1H3,(H,11,12)/t5-,6?/m1/s1. The van der Waals surface area contributed by atoms with Crippen LogP contribution in [0.15, 0.2) is 0 Å². The Balaban J connectivity index is 3.67. The summed E-state index contributed by atoms with van der Waals surface area (Å²) in [6.45, 7) is 1.84. The number of ether oxygens (including phenoxy) is 1. The van der Waals surface area contributed by atoms with Crippen molar-refractivity contribution in [3.8, 4) is 0 Å². The van der Waals surface area contributed by atoms with Crippen LogP contribution < -0.4 is 5.73 Å². The van der Waals surface area contributed by atoms with E-state index in [1.807, 2.05) is 0 Å². The van der Waals surface area contributed by atoms with Gasteiger partial charge in [-0.25, -0.2) is 4.79 Å². The van der Waals surface area contributed by atoms with Gasteiger partial charge in [0.25, 0.3) is 0 Å². The lowest BCUT2D eigenvalue weighted by atomic mass is 10.2. The normalized spacial score (nSPS) is 14.5. The Labute approximate surface area is 81.7 Å². The molecule has 0 aromatic heterocycles. The van der Waals surface area contributed by atoms with E-state index in [4.69, 9.17) is 15.9 Å². The summed E-state index contributed by atoms with van der Waals surface area (Å²) in [6.07, 6.45) is -1.76. The van der Waals surface area contributed by atoms with Crippen molar-refractivity contribution < 1.29 is 24.5 Å². The summed E-state index contributed by atoms with van der Waals surface area (Å²) in [5.74, 6) is -2.17. The first kappa shape index (κ1) is 12.9. The number of carbonyl (C=O) groups excluding carboxylic acids is 1. The summed E-state index contributed by atoms with van der Waals surface area (Å²) < 4.78 is 4.58. The molecule has 2 atom stereocenters. The van der Waals surface area contributed by atoms with Gasteiger partial charge in [-0.15, -0.1) is 0 Å². The number of nitrogens with two attached hydrogens (primary N) is 1. The Bertz CT molecular complexity index is 204. The summed E-state index contributed by atoms with van der Waals surface area (Å²) >= 11 is 0.